The number of anilines is 1. The highest BCUT2D eigenvalue weighted by molar-refractivity contribution is 6.04. The Morgan fingerprint density at radius 3 is 2.46 bits per heavy atom. The van der Waals surface area contributed by atoms with E-state index in [1.165, 1.54) is 0 Å². The van der Waals surface area contributed by atoms with Crippen LogP contribution in [0.2, 0.25) is 0 Å². The number of fused-ring (bicyclic) bond motifs is 1. The third-order valence-corrected chi connectivity index (χ3v) is 4.41. The molecule has 0 atom stereocenters. The molecule has 28 heavy (non-hydrogen) atoms. The van der Waals surface area contributed by atoms with Gasteiger partial charge in [-0.05, 0) is 42.6 Å². The van der Waals surface area contributed by atoms with Crippen LogP contribution in [0.15, 0.2) is 71.9 Å². The molecule has 2 N–H and O–H groups in total. The number of amidine groups is 1. The molecule has 0 unspecified atom stereocenters. The molecule has 0 saturated carbocycles. The fraction of sp³-hybridized carbons (Fsp3) is 0.182. The van der Waals surface area contributed by atoms with E-state index in [1.807, 2.05) is 49.4 Å². The van der Waals surface area contributed by atoms with Gasteiger partial charge in [0, 0.05) is 17.5 Å². The van der Waals surface area contributed by atoms with Crippen LogP contribution in [0.3, 0.4) is 0 Å². The second-order valence-corrected chi connectivity index (χ2v) is 6.11. The molecule has 0 saturated heterocycles. The summed E-state index contributed by atoms with van der Waals surface area (Å²) < 4.78 is 5.11. The molecule has 0 fully saturated rings. The minimum absolute atomic E-state index is 0.190. The maximum Gasteiger partial charge on any atom is 0.267 e. The highest BCUT2D eigenvalue weighted by Gasteiger charge is 2.16. The summed E-state index contributed by atoms with van der Waals surface area (Å²) in [6.07, 6.45) is 0. The number of ether oxygens (including phenoxy) is 1. The number of carbonyl (C=O) groups is 1. The molecular formula is C22H23N3O3. The fourth-order valence-corrected chi connectivity index (χ4v) is 2.97. The summed E-state index contributed by atoms with van der Waals surface area (Å²) in [5, 5.41) is 5.96. The number of carbonyl (C=O) groups excluding carboxylic acids is 1. The molecule has 3 rings (SSSR count). The Morgan fingerprint density at radius 1 is 1.04 bits per heavy atom. The van der Waals surface area contributed by atoms with E-state index in [2.05, 4.69) is 5.16 Å². The second-order valence-electron chi connectivity index (χ2n) is 6.11. The van der Waals surface area contributed by atoms with Crippen molar-refractivity contribution in [3.8, 4) is 5.75 Å². The van der Waals surface area contributed by atoms with E-state index in [9.17, 15) is 4.79 Å². The SMILES string of the molecule is CCN(C(=O)CO/N=C(/N)c1ccc(OC)cc1)c1cccc2ccccc12. The lowest BCUT2D eigenvalue weighted by Gasteiger charge is -2.22. The van der Waals surface area contributed by atoms with Crippen molar-refractivity contribution < 1.29 is 14.4 Å². The van der Waals surface area contributed by atoms with E-state index in [0.29, 0.717) is 12.1 Å². The average Bonchev–Trinajstić information content (AvgIpc) is 2.74. The minimum Gasteiger partial charge on any atom is -0.497 e. The zero-order chi connectivity index (χ0) is 19.9. The van der Waals surface area contributed by atoms with Crippen LogP contribution in [-0.2, 0) is 9.63 Å². The van der Waals surface area contributed by atoms with Gasteiger partial charge < -0.3 is 20.2 Å². The van der Waals surface area contributed by atoms with Crippen molar-refractivity contribution in [1.82, 2.24) is 0 Å². The molecule has 0 spiro atoms. The van der Waals surface area contributed by atoms with Crippen molar-refractivity contribution in [2.75, 3.05) is 25.2 Å². The molecule has 144 valence electrons. The van der Waals surface area contributed by atoms with Crippen LogP contribution in [0.5, 0.6) is 5.75 Å². The normalized spacial score (nSPS) is 11.3. The lowest BCUT2D eigenvalue weighted by atomic mass is 10.1. The van der Waals surface area contributed by atoms with Crippen LogP contribution >= 0.6 is 0 Å². The molecule has 6 heteroatoms. The largest absolute Gasteiger partial charge is 0.497 e. The Kier molecular flexibility index (Phi) is 6.11. The lowest BCUT2D eigenvalue weighted by Crippen LogP contribution is -2.33. The van der Waals surface area contributed by atoms with Crippen LogP contribution in [0.25, 0.3) is 10.8 Å². The summed E-state index contributed by atoms with van der Waals surface area (Å²) in [4.78, 5) is 19.6. The first-order valence-electron chi connectivity index (χ1n) is 9.02. The third-order valence-electron chi connectivity index (χ3n) is 4.41. The lowest BCUT2D eigenvalue weighted by molar-refractivity contribution is -0.123. The van der Waals surface area contributed by atoms with Gasteiger partial charge in [0.2, 0.25) is 0 Å². The van der Waals surface area contributed by atoms with Gasteiger partial charge in [-0.1, -0.05) is 41.6 Å². The number of benzene rings is 3. The highest BCUT2D eigenvalue weighted by Crippen LogP contribution is 2.26. The van der Waals surface area contributed by atoms with Gasteiger partial charge in [-0.15, -0.1) is 0 Å². The predicted molar refractivity (Wildman–Crippen MR) is 112 cm³/mol. The minimum atomic E-state index is -0.200. The molecular weight excluding hydrogens is 354 g/mol. The van der Waals surface area contributed by atoms with Gasteiger partial charge >= 0.3 is 0 Å². The summed E-state index contributed by atoms with van der Waals surface area (Å²) >= 11 is 0. The van der Waals surface area contributed by atoms with Crippen molar-refractivity contribution in [2.45, 2.75) is 6.92 Å². The number of hydrogen-bond acceptors (Lipinski definition) is 4. The van der Waals surface area contributed by atoms with Gasteiger partial charge in [0.15, 0.2) is 12.4 Å². The quantitative estimate of drug-likeness (QED) is 0.388. The number of hydrogen-bond donors (Lipinski definition) is 1. The fourth-order valence-electron chi connectivity index (χ4n) is 2.97. The Balaban J connectivity index is 1.70. The van der Waals surface area contributed by atoms with E-state index < -0.39 is 0 Å². The first-order chi connectivity index (χ1) is 13.6. The molecule has 0 aliphatic carbocycles. The molecule has 3 aromatic rings. The zero-order valence-electron chi connectivity index (χ0n) is 16.0. The molecule has 1 amide bonds. The standard InChI is InChI=1S/C22H23N3O3/c1-3-25(20-10-6-8-16-7-4-5-9-19(16)20)21(26)15-28-24-22(23)17-11-13-18(27-2)14-12-17/h4-14H,3,15H2,1-2H3,(H2,23,24). The van der Waals surface area contributed by atoms with Crippen molar-refractivity contribution in [3.63, 3.8) is 0 Å². The third kappa shape index (κ3) is 4.23. The van der Waals surface area contributed by atoms with Crippen LogP contribution in [0.4, 0.5) is 5.69 Å². The summed E-state index contributed by atoms with van der Waals surface area (Å²) in [7, 11) is 1.59. The van der Waals surface area contributed by atoms with Gasteiger partial charge in [0.25, 0.3) is 5.91 Å². The smallest absolute Gasteiger partial charge is 0.267 e. The Labute approximate surface area is 164 Å². The molecule has 6 nitrogen and oxygen atoms in total. The summed E-state index contributed by atoms with van der Waals surface area (Å²) in [6, 6.07) is 21.0. The van der Waals surface area contributed by atoms with Crippen molar-refractivity contribution in [1.29, 1.82) is 0 Å². The summed E-state index contributed by atoms with van der Waals surface area (Å²) in [6.45, 7) is 2.25. The summed E-state index contributed by atoms with van der Waals surface area (Å²) in [5.74, 6) is 0.732. The van der Waals surface area contributed by atoms with Gasteiger partial charge in [0.1, 0.15) is 5.75 Å². The average molecular weight is 377 g/mol. The molecule has 0 aliphatic rings. The molecule has 0 heterocycles. The van der Waals surface area contributed by atoms with Gasteiger partial charge in [-0.2, -0.15) is 0 Å². The van der Waals surface area contributed by atoms with E-state index in [-0.39, 0.29) is 18.3 Å². The van der Waals surface area contributed by atoms with E-state index in [1.54, 1.807) is 36.3 Å². The number of nitrogens with two attached hydrogens (primary N) is 1. The van der Waals surface area contributed by atoms with E-state index >= 15 is 0 Å². The van der Waals surface area contributed by atoms with Crippen LogP contribution < -0.4 is 15.4 Å². The maximum atomic E-state index is 12.7. The second kappa shape index (κ2) is 8.90. The molecule has 0 aliphatic heterocycles. The molecule has 0 aromatic heterocycles. The topological polar surface area (TPSA) is 77.2 Å². The Bertz CT molecular complexity index is 978. The monoisotopic (exact) mass is 377 g/mol. The predicted octanol–water partition coefficient (Wildman–Crippen LogP) is 3.54. The number of amides is 1. The van der Waals surface area contributed by atoms with Crippen molar-refractivity contribution >= 4 is 28.2 Å². The van der Waals surface area contributed by atoms with Gasteiger partial charge in [-0.3, -0.25) is 4.79 Å². The van der Waals surface area contributed by atoms with E-state index in [4.69, 9.17) is 15.3 Å². The van der Waals surface area contributed by atoms with Gasteiger partial charge in [0.05, 0.1) is 12.8 Å². The Morgan fingerprint density at radius 2 is 1.75 bits per heavy atom. The van der Waals surface area contributed by atoms with Crippen molar-refractivity contribution in [2.24, 2.45) is 10.9 Å². The van der Waals surface area contributed by atoms with Crippen LogP contribution in [0.1, 0.15) is 12.5 Å². The number of likely N-dealkylation sites (N-methyl/N-ethyl adjacent to an activating group) is 1. The first kappa shape index (κ1) is 19.2. The van der Waals surface area contributed by atoms with Crippen LogP contribution in [-0.4, -0.2) is 32.0 Å². The zero-order valence-corrected chi connectivity index (χ0v) is 16.0. The number of methoxy groups -OCH3 is 1. The highest BCUT2D eigenvalue weighted by atomic mass is 16.6. The maximum absolute atomic E-state index is 12.7. The number of nitrogens with zero attached hydrogens (tertiary/aromatic N) is 2. The van der Waals surface area contributed by atoms with Crippen molar-refractivity contribution in [3.05, 3.63) is 72.3 Å². The number of oxime groups is 1. The molecule has 0 bridgehead atoms. The first-order valence-corrected chi connectivity index (χ1v) is 9.02. The molecule has 3 aromatic carbocycles. The number of rotatable bonds is 7. The van der Waals surface area contributed by atoms with Gasteiger partial charge in [-0.25, -0.2) is 0 Å². The Hall–Kier alpha value is -3.54. The summed E-state index contributed by atoms with van der Waals surface area (Å²) in [5.41, 5.74) is 7.46. The van der Waals surface area contributed by atoms with Crippen LogP contribution in [0, 0.1) is 0 Å². The van der Waals surface area contributed by atoms with E-state index in [0.717, 1.165) is 22.2 Å². The molecule has 0 radical (unpaired) electrons.